The van der Waals surface area contributed by atoms with Crippen molar-refractivity contribution >= 4 is 6.08 Å². The number of fused-ring (bicyclic) bond motifs is 2. The van der Waals surface area contributed by atoms with Crippen LogP contribution in [0.2, 0.25) is 0 Å². The van der Waals surface area contributed by atoms with Crippen LogP contribution >= 0.6 is 0 Å². The molecule has 0 saturated carbocycles. The van der Waals surface area contributed by atoms with Gasteiger partial charge in [-0.2, -0.15) is 5.10 Å². The van der Waals surface area contributed by atoms with Crippen LogP contribution in [-0.2, 0) is 4.74 Å². The van der Waals surface area contributed by atoms with E-state index < -0.39 is 0 Å². The van der Waals surface area contributed by atoms with E-state index in [0.29, 0.717) is 6.61 Å². The lowest BCUT2D eigenvalue weighted by Gasteiger charge is -2.47. The Labute approximate surface area is 134 Å². The van der Waals surface area contributed by atoms with E-state index in [2.05, 4.69) is 21.6 Å². The van der Waals surface area contributed by atoms with Crippen molar-refractivity contribution < 1.29 is 9.13 Å². The molecule has 5 heteroatoms. The monoisotopic (exact) mass is 313 g/mol. The van der Waals surface area contributed by atoms with E-state index in [1.807, 2.05) is 18.3 Å². The molecular formula is C18H20FN3O. The maximum atomic E-state index is 13.4. The molecule has 1 saturated heterocycles. The van der Waals surface area contributed by atoms with E-state index in [1.165, 1.54) is 17.7 Å². The highest BCUT2D eigenvalue weighted by Crippen LogP contribution is 2.52. The number of H-pyrrole nitrogens is 1. The molecule has 2 unspecified atom stereocenters. The number of aromatic nitrogens is 2. The highest BCUT2D eigenvalue weighted by atomic mass is 19.1. The highest BCUT2D eigenvalue weighted by Gasteiger charge is 2.48. The number of rotatable bonds is 3. The smallest absolute Gasteiger partial charge is 0.123 e. The number of nitrogens with zero attached hydrogens (tertiary/aromatic N) is 1. The first-order valence-corrected chi connectivity index (χ1v) is 7.94. The van der Waals surface area contributed by atoms with Crippen LogP contribution in [0.15, 0.2) is 36.0 Å². The number of hydrogen-bond acceptors (Lipinski definition) is 3. The van der Waals surface area contributed by atoms with Crippen molar-refractivity contribution in [2.24, 2.45) is 5.41 Å². The van der Waals surface area contributed by atoms with Crippen LogP contribution in [0, 0.1) is 11.2 Å². The third kappa shape index (κ3) is 2.23. The standard InChI is InChI=1S/C18H20FN3O/c1-23-11-18-10-20-7-6-13(18)8-16-15(9-21-22-16)17(18)12-2-4-14(19)5-3-12/h2-5,8-9,17,20H,6-7,10-11H2,1H3,(H,21,22). The molecule has 2 aromatic rings. The van der Waals surface area contributed by atoms with Crippen LogP contribution < -0.4 is 5.32 Å². The predicted octanol–water partition coefficient (Wildman–Crippen LogP) is 2.70. The van der Waals surface area contributed by atoms with Gasteiger partial charge in [0, 0.05) is 30.6 Å². The Morgan fingerprint density at radius 3 is 2.96 bits per heavy atom. The molecule has 1 aliphatic heterocycles. The van der Waals surface area contributed by atoms with Gasteiger partial charge in [-0.15, -0.1) is 0 Å². The van der Waals surface area contributed by atoms with Gasteiger partial charge in [0.05, 0.1) is 18.5 Å². The van der Waals surface area contributed by atoms with Gasteiger partial charge in [0.25, 0.3) is 0 Å². The average molecular weight is 313 g/mol. The fraction of sp³-hybridized carbons (Fsp3) is 0.389. The number of benzene rings is 1. The number of halogens is 1. The summed E-state index contributed by atoms with van der Waals surface area (Å²) in [5.41, 5.74) is 4.54. The summed E-state index contributed by atoms with van der Waals surface area (Å²) in [6.07, 6.45) is 5.10. The summed E-state index contributed by atoms with van der Waals surface area (Å²) in [5, 5.41) is 10.9. The van der Waals surface area contributed by atoms with Crippen LogP contribution in [0.1, 0.15) is 29.2 Å². The first-order valence-electron chi connectivity index (χ1n) is 7.94. The van der Waals surface area contributed by atoms with Gasteiger partial charge in [-0.25, -0.2) is 4.39 Å². The van der Waals surface area contributed by atoms with Gasteiger partial charge in [0.1, 0.15) is 5.82 Å². The lowest BCUT2D eigenvalue weighted by atomic mass is 9.60. The first-order chi connectivity index (χ1) is 11.2. The average Bonchev–Trinajstić information content (AvgIpc) is 3.01. The van der Waals surface area contributed by atoms with Gasteiger partial charge in [-0.1, -0.05) is 17.7 Å². The SMILES string of the molecule is COCC12CNCCC1=Cc1[nH]ncc1C2c1ccc(F)cc1. The number of methoxy groups -OCH3 is 1. The molecule has 0 bridgehead atoms. The summed E-state index contributed by atoms with van der Waals surface area (Å²) < 4.78 is 19.0. The molecule has 2 heterocycles. The fourth-order valence-corrected chi connectivity index (χ4v) is 4.16. The molecule has 0 radical (unpaired) electrons. The Morgan fingerprint density at radius 2 is 2.17 bits per heavy atom. The van der Waals surface area contributed by atoms with E-state index in [1.54, 1.807) is 7.11 Å². The number of ether oxygens (including phenoxy) is 1. The molecule has 2 atom stereocenters. The van der Waals surface area contributed by atoms with Gasteiger partial charge in [-0.3, -0.25) is 5.10 Å². The van der Waals surface area contributed by atoms with E-state index in [4.69, 9.17) is 4.74 Å². The summed E-state index contributed by atoms with van der Waals surface area (Å²) in [4.78, 5) is 0. The van der Waals surface area contributed by atoms with Crippen LogP contribution in [-0.4, -0.2) is 37.0 Å². The Balaban J connectivity index is 1.91. The second-order valence-electron chi connectivity index (χ2n) is 6.41. The molecule has 1 aromatic carbocycles. The maximum Gasteiger partial charge on any atom is 0.123 e. The second kappa shape index (κ2) is 5.58. The van der Waals surface area contributed by atoms with Crippen molar-refractivity contribution in [3.8, 4) is 0 Å². The van der Waals surface area contributed by atoms with Crippen LogP contribution in [0.5, 0.6) is 0 Å². The largest absolute Gasteiger partial charge is 0.384 e. The van der Waals surface area contributed by atoms with Gasteiger partial charge >= 0.3 is 0 Å². The Morgan fingerprint density at radius 1 is 1.35 bits per heavy atom. The third-order valence-electron chi connectivity index (χ3n) is 5.14. The number of aromatic amines is 1. The second-order valence-corrected chi connectivity index (χ2v) is 6.41. The lowest BCUT2D eigenvalue weighted by Crippen LogP contribution is -2.50. The molecule has 0 amide bonds. The topological polar surface area (TPSA) is 49.9 Å². The molecule has 4 rings (SSSR count). The number of hydrogen-bond donors (Lipinski definition) is 2. The summed E-state index contributed by atoms with van der Waals surface area (Å²) in [7, 11) is 1.74. The van der Waals surface area contributed by atoms with Crippen molar-refractivity contribution in [3.63, 3.8) is 0 Å². The zero-order valence-corrected chi connectivity index (χ0v) is 13.1. The van der Waals surface area contributed by atoms with Gasteiger partial charge in [0.15, 0.2) is 0 Å². The van der Waals surface area contributed by atoms with Crippen molar-refractivity contribution in [2.45, 2.75) is 12.3 Å². The minimum atomic E-state index is -0.213. The summed E-state index contributed by atoms with van der Waals surface area (Å²) in [5.74, 6) is -0.111. The van der Waals surface area contributed by atoms with E-state index in [-0.39, 0.29) is 17.2 Å². The molecule has 1 fully saturated rings. The fourth-order valence-electron chi connectivity index (χ4n) is 4.16. The first kappa shape index (κ1) is 14.6. The molecule has 23 heavy (non-hydrogen) atoms. The molecule has 4 nitrogen and oxygen atoms in total. The quantitative estimate of drug-likeness (QED) is 0.916. The molecule has 120 valence electrons. The van der Waals surface area contributed by atoms with Crippen molar-refractivity contribution in [1.29, 1.82) is 0 Å². The Bertz CT molecular complexity index is 733. The van der Waals surface area contributed by atoms with E-state index in [9.17, 15) is 4.39 Å². The zero-order valence-electron chi connectivity index (χ0n) is 13.1. The van der Waals surface area contributed by atoms with Crippen LogP contribution in [0.4, 0.5) is 4.39 Å². The molecule has 2 aliphatic rings. The zero-order chi connectivity index (χ0) is 15.9. The van der Waals surface area contributed by atoms with E-state index in [0.717, 1.165) is 36.3 Å². The summed E-state index contributed by atoms with van der Waals surface area (Å²) >= 11 is 0. The summed E-state index contributed by atoms with van der Waals surface area (Å²) in [6, 6.07) is 6.82. The normalized spacial score (nSPS) is 26.3. The molecule has 1 aliphatic carbocycles. The van der Waals surface area contributed by atoms with Crippen molar-refractivity contribution in [1.82, 2.24) is 15.5 Å². The minimum Gasteiger partial charge on any atom is -0.384 e. The molecule has 2 N–H and O–H groups in total. The molecular weight excluding hydrogens is 293 g/mol. The lowest BCUT2D eigenvalue weighted by molar-refractivity contribution is 0.0810. The highest BCUT2D eigenvalue weighted by molar-refractivity contribution is 5.63. The third-order valence-corrected chi connectivity index (χ3v) is 5.14. The summed E-state index contributed by atoms with van der Waals surface area (Å²) in [6.45, 7) is 2.44. The number of nitrogens with one attached hydrogen (secondary N) is 2. The van der Waals surface area contributed by atoms with Crippen molar-refractivity contribution in [3.05, 3.63) is 58.7 Å². The minimum absolute atomic E-state index is 0.101. The van der Waals surface area contributed by atoms with Crippen LogP contribution in [0.3, 0.4) is 0 Å². The Kier molecular flexibility index (Phi) is 3.54. The van der Waals surface area contributed by atoms with Crippen molar-refractivity contribution in [2.75, 3.05) is 26.8 Å². The maximum absolute atomic E-state index is 13.4. The van der Waals surface area contributed by atoms with Gasteiger partial charge < -0.3 is 10.1 Å². The Hall–Kier alpha value is -1.98. The molecule has 0 spiro atoms. The number of piperidine rings is 1. The van der Waals surface area contributed by atoms with Gasteiger partial charge in [0.2, 0.25) is 0 Å². The van der Waals surface area contributed by atoms with E-state index >= 15 is 0 Å². The van der Waals surface area contributed by atoms with Crippen LogP contribution in [0.25, 0.3) is 6.08 Å². The van der Waals surface area contributed by atoms with Gasteiger partial charge in [-0.05, 0) is 36.7 Å². The molecule has 1 aromatic heterocycles. The predicted molar refractivity (Wildman–Crippen MR) is 86.6 cm³/mol.